The molecule has 0 spiro atoms. The van der Waals surface area contributed by atoms with Gasteiger partial charge >= 0.3 is 5.97 Å². The number of ether oxygens (including phenoxy) is 5. The van der Waals surface area contributed by atoms with Crippen LogP contribution in [0.15, 0.2) is 24.3 Å². The Hall–Kier alpha value is -1.91. The van der Waals surface area contributed by atoms with Gasteiger partial charge in [-0.3, -0.25) is 0 Å². The van der Waals surface area contributed by atoms with Crippen molar-refractivity contribution in [1.29, 1.82) is 0 Å². The molecule has 1 aromatic rings. The second-order valence-corrected chi connectivity index (χ2v) is 7.61. The van der Waals surface area contributed by atoms with Gasteiger partial charge in [0.05, 0.1) is 20.3 Å². The minimum atomic E-state index is -1.80. The highest BCUT2D eigenvalue weighted by molar-refractivity contribution is 5.92. The van der Waals surface area contributed by atoms with E-state index in [0.29, 0.717) is 0 Å². The summed E-state index contributed by atoms with van der Waals surface area (Å²) in [6, 6.07) is 5.92. The van der Waals surface area contributed by atoms with E-state index < -0.39 is 80.6 Å². The van der Waals surface area contributed by atoms with Crippen LogP contribution in [0.5, 0.6) is 5.75 Å². The lowest BCUT2D eigenvalue weighted by molar-refractivity contribution is -0.357. The zero-order valence-corrected chi connectivity index (χ0v) is 17.6. The Kier molecular flexibility index (Phi) is 8.58. The summed E-state index contributed by atoms with van der Waals surface area (Å²) in [5.74, 6) is -0.760. The van der Waals surface area contributed by atoms with Crippen LogP contribution in [-0.4, -0.2) is 123 Å². The van der Waals surface area contributed by atoms with E-state index >= 15 is 0 Å². The number of benzene rings is 1. The molecule has 2 aliphatic rings. The van der Waals surface area contributed by atoms with Crippen LogP contribution < -0.4 is 4.74 Å². The lowest BCUT2D eigenvalue weighted by atomic mass is 9.97. The van der Waals surface area contributed by atoms with Crippen LogP contribution in [0.2, 0.25) is 0 Å². The third-order valence-electron chi connectivity index (χ3n) is 5.50. The zero-order chi connectivity index (χ0) is 24.3. The number of carbonyl (C=O) groups is 1. The Bertz CT molecular complexity index is 789. The van der Waals surface area contributed by atoms with Crippen molar-refractivity contribution in [3.63, 3.8) is 0 Å². The third kappa shape index (κ3) is 5.27. The Morgan fingerprint density at radius 1 is 0.848 bits per heavy atom. The van der Waals surface area contributed by atoms with E-state index in [0.717, 1.165) is 0 Å². The number of esters is 1. The van der Waals surface area contributed by atoms with Crippen LogP contribution in [0.1, 0.15) is 10.4 Å². The van der Waals surface area contributed by atoms with Gasteiger partial charge in [0.15, 0.2) is 12.4 Å². The Morgan fingerprint density at radius 3 is 2.03 bits per heavy atom. The molecule has 2 aliphatic heterocycles. The molecule has 2 heterocycles. The quantitative estimate of drug-likeness (QED) is 0.191. The SMILES string of the molecule is COC(=O)c1ccccc1O[C@H]1O[C@@H](CO)[C@@H](O)[C@@H](O)[C@H]1O[C@@H]1O[C@@H](CO)[C@@H](O)[C@@H](O)[C@H]1O. The highest BCUT2D eigenvalue weighted by Crippen LogP contribution is 2.31. The van der Waals surface area contributed by atoms with E-state index in [1.54, 1.807) is 12.1 Å². The van der Waals surface area contributed by atoms with Crippen LogP contribution in [-0.2, 0) is 18.9 Å². The monoisotopic (exact) mass is 476 g/mol. The smallest absolute Gasteiger partial charge is 0.341 e. The fourth-order valence-corrected chi connectivity index (χ4v) is 3.60. The molecule has 7 N–H and O–H groups in total. The Labute approximate surface area is 188 Å². The van der Waals surface area contributed by atoms with E-state index in [4.69, 9.17) is 23.7 Å². The molecule has 2 saturated heterocycles. The molecule has 0 aliphatic carbocycles. The summed E-state index contributed by atoms with van der Waals surface area (Å²) in [6.07, 6.45) is -15.9. The van der Waals surface area contributed by atoms with Gasteiger partial charge in [-0.15, -0.1) is 0 Å². The molecular weight excluding hydrogens is 448 g/mol. The molecule has 0 saturated carbocycles. The van der Waals surface area contributed by atoms with Gasteiger partial charge in [-0.25, -0.2) is 4.79 Å². The van der Waals surface area contributed by atoms with Crippen LogP contribution in [0.25, 0.3) is 0 Å². The number of hydrogen-bond acceptors (Lipinski definition) is 13. The number of hydrogen-bond donors (Lipinski definition) is 7. The van der Waals surface area contributed by atoms with Crippen molar-refractivity contribution in [1.82, 2.24) is 0 Å². The molecule has 0 radical (unpaired) electrons. The van der Waals surface area contributed by atoms with E-state index in [-0.39, 0.29) is 11.3 Å². The van der Waals surface area contributed by atoms with Gasteiger partial charge in [-0.1, -0.05) is 12.1 Å². The molecule has 186 valence electrons. The first-order chi connectivity index (χ1) is 15.7. The average molecular weight is 476 g/mol. The second kappa shape index (κ2) is 11.0. The van der Waals surface area contributed by atoms with Crippen molar-refractivity contribution >= 4 is 5.97 Å². The summed E-state index contributed by atoms with van der Waals surface area (Å²) in [6.45, 7) is -1.40. The molecule has 0 amide bonds. The van der Waals surface area contributed by atoms with E-state index in [1.165, 1.54) is 19.2 Å². The minimum Gasteiger partial charge on any atom is -0.465 e. The van der Waals surface area contributed by atoms with Gasteiger partial charge in [0.25, 0.3) is 0 Å². The van der Waals surface area contributed by atoms with Crippen molar-refractivity contribution in [2.24, 2.45) is 0 Å². The standard InChI is InChI=1S/C20H28O13/c1-29-18(28)8-4-2-3-5-9(8)30-20-17(15(26)13(24)11(7-22)32-20)33-19-16(27)14(25)12(23)10(6-21)31-19/h2-5,10-17,19-27H,6-7H2,1H3/t10-,11-,12+,13+,14+,15+,16+,17+,19-,20-/m0/s1. The molecule has 13 nitrogen and oxygen atoms in total. The second-order valence-electron chi connectivity index (χ2n) is 7.61. The molecule has 0 bridgehead atoms. The summed E-state index contributed by atoms with van der Waals surface area (Å²) in [5, 5.41) is 70.0. The van der Waals surface area contributed by atoms with Gasteiger partial charge in [0.1, 0.15) is 54.0 Å². The maximum Gasteiger partial charge on any atom is 0.341 e. The summed E-state index contributed by atoms with van der Waals surface area (Å²) in [7, 11) is 1.17. The summed E-state index contributed by atoms with van der Waals surface area (Å²) >= 11 is 0. The Morgan fingerprint density at radius 2 is 1.42 bits per heavy atom. The number of para-hydroxylation sites is 1. The number of carbonyl (C=O) groups excluding carboxylic acids is 1. The van der Waals surface area contributed by atoms with E-state index in [1.807, 2.05) is 0 Å². The lowest BCUT2D eigenvalue weighted by Crippen LogP contribution is -2.65. The third-order valence-corrected chi connectivity index (χ3v) is 5.50. The predicted octanol–water partition coefficient (Wildman–Crippen LogP) is -3.52. The predicted molar refractivity (Wildman–Crippen MR) is 105 cm³/mol. The molecule has 33 heavy (non-hydrogen) atoms. The molecule has 3 rings (SSSR count). The first-order valence-corrected chi connectivity index (χ1v) is 10.2. The minimum absolute atomic E-state index is 0.0105. The van der Waals surface area contributed by atoms with Crippen molar-refractivity contribution < 1.29 is 64.2 Å². The first kappa shape index (κ1) is 25.7. The topological polar surface area (TPSA) is 205 Å². The Balaban J connectivity index is 1.88. The van der Waals surface area contributed by atoms with Crippen LogP contribution >= 0.6 is 0 Å². The number of aliphatic hydroxyl groups excluding tert-OH is 7. The molecule has 1 aromatic carbocycles. The zero-order valence-electron chi connectivity index (χ0n) is 17.6. The summed E-state index contributed by atoms with van der Waals surface area (Å²) in [4.78, 5) is 12.1. The van der Waals surface area contributed by atoms with Gasteiger partial charge in [0.2, 0.25) is 6.29 Å². The lowest BCUT2D eigenvalue weighted by Gasteiger charge is -2.45. The summed E-state index contributed by atoms with van der Waals surface area (Å²) < 4.78 is 26.8. The normalized spacial score (nSPS) is 39.2. The largest absolute Gasteiger partial charge is 0.465 e. The van der Waals surface area contributed by atoms with E-state index in [9.17, 15) is 40.5 Å². The van der Waals surface area contributed by atoms with Crippen LogP contribution in [0.3, 0.4) is 0 Å². The molecule has 0 unspecified atom stereocenters. The van der Waals surface area contributed by atoms with E-state index in [2.05, 4.69) is 0 Å². The average Bonchev–Trinajstić information content (AvgIpc) is 2.83. The van der Waals surface area contributed by atoms with Crippen molar-refractivity contribution in [2.45, 2.75) is 61.4 Å². The molecule has 13 heteroatoms. The number of methoxy groups -OCH3 is 1. The van der Waals surface area contributed by atoms with Crippen LogP contribution in [0, 0.1) is 0 Å². The fourth-order valence-electron chi connectivity index (χ4n) is 3.60. The maximum absolute atomic E-state index is 12.1. The summed E-state index contributed by atoms with van der Waals surface area (Å²) in [5.41, 5.74) is 0.0105. The highest BCUT2D eigenvalue weighted by atomic mass is 16.8. The van der Waals surface area contributed by atoms with Crippen molar-refractivity contribution in [2.75, 3.05) is 20.3 Å². The first-order valence-electron chi connectivity index (χ1n) is 10.2. The van der Waals surface area contributed by atoms with Crippen molar-refractivity contribution in [3.8, 4) is 5.75 Å². The van der Waals surface area contributed by atoms with Gasteiger partial charge in [-0.2, -0.15) is 0 Å². The molecule has 0 aromatic heterocycles. The van der Waals surface area contributed by atoms with Gasteiger partial charge < -0.3 is 59.4 Å². The maximum atomic E-state index is 12.1. The van der Waals surface area contributed by atoms with Gasteiger partial charge in [0, 0.05) is 0 Å². The number of aliphatic hydroxyl groups is 7. The molecule has 2 fully saturated rings. The highest BCUT2D eigenvalue weighted by Gasteiger charge is 2.51. The molecule has 10 atom stereocenters. The van der Waals surface area contributed by atoms with Gasteiger partial charge in [-0.05, 0) is 12.1 Å². The van der Waals surface area contributed by atoms with Crippen molar-refractivity contribution in [3.05, 3.63) is 29.8 Å². The van der Waals surface area contributed by atoms with Crippen LogP contribution in [0.4, 0.5) is 0 Å². The molecular formula is C20H28O13. The number of rotatable bonds is 7. The fraction of sp³-hybridized carbons (Fsp3) is 0.650.